The number of hydrogen-bond acceptors (Lipinski definition) is 1. The van der Waals surface area contributed by atoms with Gasteiger partial charge in [0.05, 0.1) is 19.8 Å². The largest absolute Gasteiger partial charge is 0.273 e. The molecule has 96 valence electrons. The molecule has 0 spiro atoms. The second-order valence-corrected chi connectivity index (χ2v) is 5.33. The molecule has 0 aliphatic carbocycles. The van der Waals surface area contributed by atoms with Gasteiger partial charge in [0, 0.05) is 17.8 Å². The molecule has 4 aromatic rings. The van der Waals surface area contributed by atoms with Gasteiger partial charge in [0.15, 0.2) is 5.52 Å². The summed E-state index contributed by atoms with van der Waals surface area (Å²) in [6.45, 7) is 0.900. The van der Waals surface area contributed by atoms with E-state index in [0.717, 1.165) is 12.2 Å². The fraction of sp³-hybridized carbons (Fsp3) is 0.125. The Kier molecular flexibility index (Phi) is 1.67. The van der Waals surface area contributed by atoms with Crippen LogP contribution in [0.2, 0.25) is 0 Å². The van der Waals surface area contributed by atoms with E-state index in [4.69, 9.17) is 0 Å². The first-order valence-electron chi connectivity index (χ1n) is 6.77. The topological polar surface area (TPSA) is 26.1 Å². The molecule has 0 saturated heterocycles. The van der Waals surface area contributed by atoms with Crippen molar-refractivity contribution in [2.24, 2.45) is 7.05 Å². The zero-order valence-electron chi connectivity index (χ0n) is 11.1. The highest BCUT2D eigenvalue weighted by Crippen LogP contribution is 2.30. The monoisotopic (exact) mass is 261 g/mol. The average Bonchev–Trinajstić information content (AvgIpc) is 3.10. The van der Waals surface area contributed by atoms with Crippen LogP contribution >= 0.6 is 0 Å². The second kappa shape index (κ2) is 3.28. The Labute approximate surface area is 115 Å². The summed E-state index contributed by atoms with van der Waals surface area (Å²) in [6, 6.07) is 12.7. The summed E-state index contributed by atoms with van der Waals surface area (Å²) in [4.78, 5) is 4.57. The number of aryl methyl sites for hydroxylation is 1. The van der Waals surface area contributed by atoms with Crippen LogP contribution in [0.1, 0.15) is 5.56 Å². The third-order valence-corrected chi connectivity index (χ3v) is 4.26. The lowest BCUT2D eigenvalue weighted by Gasteiger charge is -1.95. The highest BCUT2D eigenvalue weighted by Gasteiger charge is 2.33. The van der Waals surface area contributed by atoms with Crippen molar-refractivity contribution in [1.82, 2.24) is 14.0 Å². The van der Waals surface area contributed by atoms with Crippen molar-refractivity contribution in [3.05, 3.63) is 54.4 Å². The number of pyridine rings is 2. The van der Waals surface area contributed by atoms with Crippen molar-refractivity contribution in [3.63, 3.8) is 0 Å². The molecule has 0 radical (unpaired) electrons. The second-order valence-electron chi connectivity index (χ2n) is 5.33. The lowest BCUT2D eigenvalue weighted by atomic mass is 10.2. The van der Waals surface area contributed by atoms with Gasteiger partial charge in [-0.3, -0.25) is 4.57 Å². The maximum atomic E-state index is 4.57. The van der Waals surface area contributed by atoms with Gasteiger partial charge in [0.25, 0.3) is 11.5 Å². The molecule has 0 atom stereocenters. The van der Waals surface area contributed by atoms with Crippen LogP contribution in [0.4, 0.5) is 0 Å². The number of hydrogen-bond donors (Lipinski definition) is 0. The molecule has 0 saturated carbocycles. The normalized spacial score (nSPS) is 13.1. The molecule has 20 heavy (non-hydrogen) atoms. The van der Waals surface area contributed by atoms with Crippen LogP contribution in [0.15, 0.2) is 48.8 Å². The van der Waals surface area contributed by atoms with Gasteiger partial charge in [-0.05, 0) is 18.2 Å². The predicted octanol–water partition coefficient (Wildman–Crippen LogP) is 2.14. The molecule has 0 bridgehead atoms. The van der Waals surface area contributed by atoms with Crippen LogP contribution < -0.4 is 4.57 Å². The minimum absolute atomic E-state index is 0.900. The van der Waals surface area contributed by atoms with E-state index < -0.39 is 0 Å². The molecule has 1 aliphatic rings. The molecular weight excluding hydrogens is 248 g/mol. The lowest BCUT2D eigenvalue weighted by molar-refractivity contribution is -0.648. The highest BCUT2D eigenvalue weighted by molar-refractivity contribution is 5.82. The van der Waals surface area contributed by atoms with Crippen LogP contribution in [0, 0.1) is 0 Å². The highest BCUT2D eigenvalue weighted by atomic mass is 15.2. The Morgan fingerprint density at radius 1 is 1.20 bits per heavy atom. The summed E-state index contributed by atoms with van der Waals surface area (Å²) < 4.78 is 6.87. The predicted molar refractivity (Wildman–Crippen MR) is 76.4 cm³/mol. The standard InChI is InChI=1S/C16H13N4/c1-18-13-9-12-6-2-3-8-19(12)15(13)20-10-11-5-4-7-17-14(11)16(18)20/h2-9H,10H2,1H3/q+1. The number of fused-ring (bicyclic) bond motifs is 7. The lowest BCUT2D eigenvalue weighted by Crippen LogP contribution is -2.32. The summed E-state index contributed by atoms with van der Waals surface area (Å²) in [6.07, 6.45) is 4.00. The van der Waals surface area contributed by atoms with Crippen LogP contribution in [0.5, 0.6) is 0 Å². The number of rotatable bonds is 0. The first-order valence-corrected chi connectivity index (χ1v) is 6.77. The van der Waals surface area contributed by atoms with E-state index in [-0.39, 0.29) is 0 Å². The van der Waals surface area contributed by atoms with Crippen LogP contribution in [0.3, 0.4) is 0 Å². The third kappa shape index (κ3) is 1.04. The first-order chi connectivity index (χ1) is 9.84. The summed E-state index contributed by atoms with van der Waals surface area (Å²) in [5.74, 6) is 1.20. The Bertz CT molecular complexity index is 990. The number of aromatic nitrogens is 4. The third-order valence-electron chi connectivity index (χ3n) is 4.26. The van der Waals surface area contributed by atoms with Crippen molar-refractivity contribution < 1.29 is 4.57 Å². The van der Waals surface area contributed by atoms with Crippen molar-refractivity contribution in [2.45, 2.75) is 6.54 Å². The number of imidazole rings is 1. The molecule has 4 heteroatoms. The summed E-state index contributed by atoms with van der Waals surface area (Å²) in [5, 5.41) is 0. The van der Waals surface area contributed by atoms with E-state index in [2.05, 4.69) is 62.1 Å². The van der Waals surface area contributed by atoms with Crippen LogP contribution in [-0.2, 0) is 13.6 Å². The Balaban J connectivity index is 1.99. The van der Waals surface area contributed by atoms with E-state index in [1.54, 1.807) is 0 Å². The van der Waals surface area contributed by atoms with Gasteiger partial charge < -0.3 is 0 Å². The molecule has 0 aromatic carbocycles. The van der Waals surface area contributed by atoms with E-state index in [1.807, 2.05) is 12.3 Å². The molecule has 0 unspecified atom stereocenters. The Hall–Kier alpha value is -2.62. The Morgan fingerprint density at radius 2 is 2.15 bits per heavy atom. The molecule has 5 rings (SSSR count). The van der Waals surface area contributed by atoms with Crippen molar-refractivity contribution in [3.8, 4) is 11.5 Å². The van der Waals surface area contributed by atoms with Gasteiger partial charge in [0.1, 0.15) is 11.2 Å². The first kappa shape index (κ1) is 10.2. The molecule has 0 fully saturated rings. The molecular formula is C16H13N4+. The maximum Gasteiger partial charge on any atom is 0.273 e. The SMILES string of the molecule is Cn1c2[n+](c3c1cc1ccccn13)Cc1cccnc1-2. The zero-order chi connectivity index (χ0) is 13.3. The van der Waals surface area contributed by atoms with E-state index >= 15 is 0 Å². The smallest absolute Gasteiger partial charge is 0.255 e. The average molecular weight is 261 g/mol. The number of nitrogens with zero attached hydrogens (tertiary/aromatic N) is 4. The van der Waals surface area contributed by atoms with Gasteiger partial charge in [-0.2, -0.15) is 0 Å². The molecule has 5 heterocycles. The minimum Gasteiger partial charge on any atom is -0.255 e. The van der Waals surface area contributed by atoms with Crippen molar-refractivity contribution in [1.29, 1.82) is 0 Å². The van der Waals surface area contributed by atoms with Gasteiger partial charge in [-0.15, -0.1) is 0 Å². The van der Waals surface area contributed by atoms with Crippen LogP contribution in [0.25, 0.3) is 28.2 Å². The van der Waals surface area contributed by atoms with E-state index in [0.29, 0.717) is 0 Å². The maximum absolute atomic E-state index is 4.57. The molecule has 1 aliphatic heterocycles. The molecule has 0 amide bonds. The van der Waals surface area contributed by atoms with Crippen molar-refractivity contribution >= 4 is 16.7 Å². The van der Waals surface area contributed by atoms with E-state index in [9.17, 15) is 0 Å². The molecule has 4 aromatic heterocycles. The fourth-order valence-corrected chi connectivity index (χ4v) is 3.38. The van der Waals surface area contributed by atoms with Gasteiger partial charge >= 0.3 is 0 Å². The molecule has 0 N–H and O–H groups in total. The molecule has 4 nitrogen and oxygen atoms in total. The summed E-state index contributed by atoms with van der Waals surface area (Å²) in [7, 11) is 2.12. The van der Waals surface area contributed by atoms with E-state index in [1.165, 1.54) is 28.1 Å². The van der Waals surface area contributed by atoms with Crippen LogP contribution in [-0.4, -0.2) is 14.0 Å². The van der Waals surface area contributed by atoms with Gasteiger partial charge in [0.2, 0.25) is 0 Å². The van der Waals surface area contributed by atoms with Gasteiger partial charge in [-0.25, -0.2) is 14.0 Å². The summed E-state index contributed by atoms with van der Waals surface area (Å²) in [5.41, 5.74) is 6.13. The summed E-state index contributed by atoms with van der Waals surface area (Å²) >= 11 is 0. The quantitative estimate of drug-likeness (QED) is 0.392. The Morgan fingerprint density at radius 3 is 3.10 bits per heavy atom. The zero-order valence-corrected chi connectivity index (χ0v) is 11.1. The minimum atomic E-state index is 0.900. The fourth-order valence-electron chi connectivity index (χ4n) is 3.38. The van der Waals surface area contributed by atoms with Crippen molar-refractivity contribution in [2.75, 3.05) is 0 Å². The van der Waals surface area contributed by atoms with Gasteiger partial charge in [-0.1, -0.05) is 12.1 Å².